The lowest BCUT2D eigenvalue weighted by atomic mass is 10.1. The number of hydrogen-bond acceptors (Lipinski definition) is 3. The maximum absolute atomic E-state index is 11.9. The number of cyclic esters (lactones) is 1. The molecule has 2 aromatic carbocycles. The van der Waals surface area contributed by atoms with E-state index in [0.29, 0.717) is 13.1 Å². The van der Waals surface area contributed by atoms with Gasteiger partial charge in [0.05, 0.1) is 13.1 Å². The summed E-state index contributed by atoms with van der Waals surface area (Å²) in [5.41, 5.74) is 1.97. The first-order valence-electron chi connectivity index (χ1n) is 8.31. The number of para-hydroxylation sites is 1. The van der Waals surface area contributed by atoms with Crippen LogP contribution in [0.2, 0.25) is 0 Å². The lowest BCUT2D eigenvalue weighted by Gasteiger charge is -2.13. The lowest BCUT2D eigenvalue weighted by molar-refractivity contribution is 0.140. The molecule has 1 fully saturated rings. The van der Waals surface area contributed by atoms with Gasteiger partial charge in [0.15, 0.2) is 0 Å². The van der Waals surface area contributed by atoms with Crippen LogP contribution in [0, 0.1) is 0 Å². The summed E-state index contributed by atoms with van der Waals surface area (Å²) in [5, 5.41) is 5.55. The molecule has 0 spiro atoms. The van der Waals surface area contributed by atoms with Crippen LogP contribution >= 0.6 is 0 Å². The van der Waals surface area contributed by atoms with Crippen LogP contribution in [0.4, 0.5) is 15.3 Å². The highest BCUT2D eigenvalue weighted by atomic mass is 16.6. The van der Waals surface area contributed by atoms with E-state index in [2.05, 4.69) is 10.6 Å². The average Bonchev–Trinajstić information content (AvgIpc) is 3.02. The summed E-state index contributed by atoms with van der Waals surface area (Å²) < 4.78 is 5.30. The number of carbonyl (C=O) groups is 2. The van der Waals surface area contributed by atoms with Crippen molar-refractivity contribution in [3.63, 3.8) is 0 Å². The molecule has 1 aliphatic heterocycles. The summed E-state index contributed by atoms with van der Waals surface area (Å²) in [5.74, 6) is 0. The highest BCUT2D eigenvalue weighted by Gasteiger charge is 2.32. The number of rotatable bonds is 6. The standard InChI is InChI=1S/C19H21N3O3/c23-18(20-12-11-15-7-3-1-4-8-15)21-13-17-14-22(19(24)25-17)16-9-5-2-6-10-16/h1-10,17H,11-14H2,(H2,20,21,23). The fraction of sp³-hybridized carbons (Fsp3) is 0.263. The summed E-state index contributed by atoms with van der Waals surface area (Å²) in [4.78, 5) is 25.3. The van der Waals surface area contributed by atoms with Crippen molar-refractivity contribution in [1.82, 2.24) is 10.6 Å². The van der Waals surface area contributed by atoms with Crippen molar-refractivity contribution in [3.8, 4) is 0 Å². The van der Waals surface area contributed by atoms with Crippen LogP contribution in [0.1, 0.15) is 5.56 Å². The quantitative estimate of drug-likeness (QED) is 0.850. The number of ether oxygens (including phenoxy) is 1. The molecule has 130 valence electrons. The first-order chi connectivity index (χ1) is 12.2. The molecule has 3 amide bonds. The van der Waals surface area contributed by atoms with E-state index in [0.717, 1.165) is 12.1 Å². The Morgan fingerprint density at radius 2 is 1.72 bits per heavy atom. The zero-order valence-corrected chi connectivity index (χ0v) is 13.9. The molecule has 6 nitrogen and oxygen atoms in total. The smallest absolute Gasteiger partial charge is 0.414 e. The Balaban J connectivity index is 1.39. The molecule has 25 heavy (non-hydrogen) atoms. The van der Waals surface area contributed by atoms with Gasteiger partial charge < -0.3 is 15.4 Å². The van der Waals surface area contributed by atoms with E-state index in [9.17, 15) is 9.59 Å². The van der Waals surface area contributed by atoms with Gasteiger partial charge in [-0.05, 0) is 24.1 Å². The van der Waals surface area contributed by atoms with Gasteiger partial charge in [0.1, 0.15) is 6.10 Å². The number of anilines is 1. The fourth-order valence-corrected chi connectivity index (χ4v) is 2.68. The van der Waals surface area contributed by atoms with Crippen molar-refractivity contribution < 1.29 is 14.3 Å². The van der Waals surface area contributed by atoms with Crippen molar-refractivity contribution in [3.05, 3.63) is 66.2 Å². The number of carbonyl (C=O) groups excluding carboxylic acids is 2. The van der Waals surface area contributed by atoms with Crippen molar-refractivity contribution >= 4 is 17.8 Å². The summed E-state index contributed by atoms with van der Waals surface area (Å²) in [6, 6.07) is 19.0. The molecule has 1 heterocycles. The third-order valence-corrected chi connectivity index (χ3v) is 3.97. The van der Waals surface area contributed by atoms with Gasteiger partial charge >= 0.3 is 12.1 Å². The van der Waals surface area contributed by atoms with Gasteiger partial charge in [-0.1, -0.05) is 48.5 Å². The van der Waals surface area contributed by atoms with E-state index in [1.54, 1.807) is 4.90 Å². The summed E-state index contributed by atoms with van der Waals surface area (Å²) in [6.07, 6.45) is 0.0316. The van der Waals surface area contributed by atoms with E-state index in [1.165, 1.54) is 5.56 Å². The molecule has 0 aromatic heterocycles. The average molecular weight is 339 g/mol. The van der Waals surface area contributed by atoms with Gasteiger partial charge in [0.2, 0.25) is 0 Å². The Hall–Kier alpha value is -3.02. The normalized spacial score (nSPS) is 16.4. The van der Waals surface area contributed by atoms with Crippen LogP contribution in [0.3, 0.4) is 0 Å². The molecule has 0 radical (unpaired) electrons. The van der Waals surface area contributed by atoms with Crippen LogP contribution in [0.5, 0.6) is 0 Å². The van der Waals surface area contributed by atoms with Gasteiger partial charge in [-0.2, -0.15) is 0 Å². The van der Waals surface area contributed by atoms with Gasteiger partial charge in [0.25, 0.3) is 0 Å². The van der Waals surface area contributed by atoms with E-state index in [-0.39, 0.29) is 24.8 Å². The van der Waals surface area contributed by atoms with Crippen LogP contribution in [0.15, 0.2) is 60.7 Å². The second kappa shape index (κ2) is 8.19. The van der Waals surface area contributed by atoms with Crippen molar-refractivity contribution in [2.75, 3.05) is 24.5 Å². The number of nitrogens with one attached hydrogen (secondary N) is 2. The molecule has 1 aliphatic rings. The minimum absolute atomic E-state index is 0.259. The number of amides is 3. The molecular formula is C19H21N3O3. The molecule has 0 saturated carbocycles. The van der Waals surface area contributed by atoms with Gasteiger partial charge in [0, 0.05) is 12.2 Å². The maximum atomic E-state index is 11.9. The molecule has 6 heteroatoms. The van der Waals surface area contributed by atoms with Gasteiger partial charge in [-0.25, -0.2) is 9.59 Å². The summed E-state index contributed by atoms with van der Waals surface area (Å²) in [7, 11) is 0. The predicted molar refractivity (Wildman–Crippen MR) is 95.6 cm³/mol. The monoisotopic (exact) mass is 339 g/mol. The molecule has 0 aliphatic carbocycles. The van der Waals surface area contributed by atoms with Crippen LogP contribution in [-0.4, -0.2) is 37.9 Å². The van der Waals surface area contributed by atoms with Crippen LogP contribution < -0.4 is 15.5 Å². The molecule has 1 unspecified atom stereocenters. The summed E-state index contributed by atoms with van der Waals surface area (Å²) in [6.45, 7) is 1.26. The molecule has 2 N–H and O–H groups in total. The predicted octanol–water partition coefficient (Wildman–Crippen LogP) is 2.55. The van der Waals surface area contributed by atoms with Crippen LogP contribution in [-0.2, 0) is 11.2 Å². The minimum Gasteiger partial charge on any atom is -0.442 e. The zero-order chi connectivity index (χ0) is 17.5. The van der Waals surface area contributed by atoms with Gasteiger partial charge in [-0.3, -0.25) is 4.90 Å². The first-order valence-corrected chi connectivity index (χ1v) is 8.31. The largest absolute Gasteiger partial charge is 0.442 e. The fourth-order valence-electron chi connectivity index (χ4n) is 2.68. The molecule has 1 saturated heterocycles. The Labute approximate surface area is 146 Å². The number of benzene rings is 2. The minimum atomic E-state index is -0.387. The lowest BCUT2D eigenvalue weighted by Crippen LogP contribution is -2.41. The zero-order valence-electron chi connectivity index (χ0n) is 13.9. The summed E-state index contributed by atoms with van der Waals surface area (Å²) >= 11 is 0. The van der Waals surface area contributed by atoms with E-state index < -0.39 is 0 Å². The second-order valence-corrected chi connectivity index (χ2v) is 5.82. The first kappa shape index (κ1) is 16.8. The molecule has 3 rings (SSSR count). The maximum Gasteiger partial charge on any atom is 0.414 e. The highest BCUT2D eigenvalue weighted by Crippen LogP contribution is 2.20. The second-order valence-electron chi connectivity index (χ2n) is 5.82. The third-order valence-electron chi connectivity index (χ3n) is 3.97. The number of urea groups is 1. The van der Waals surface area contributed by atoms with Crippen molar-refractivity contribution in [1.29, 1.82) is 0 Å². The Morgan fingerprint density at radius 1 is 1.04 bits per heavy atom. The van der Waals surface area contributed by atoms with Gasteiger partial charge in [-0.15, -0.1) is 0 Å². The van der Waals surface area contributed by atoms with E-state index >= 15 is 0 Å². The third kappa shape index (κ3) is 4.73. The molecular weight excluding hydrogens is 318 g/mol. The molecule has 0 bridgehead atoms. The van der Waals surface area contributed by atoms with Crippen molar-refractivity contribution in [2.45, 2.75) is 12.5 Å². The molecule has 2 aromatic rings. The number of nitrogens with zero attached hydrogens (tertiary/aromatic N) is 1. The van der Waals surface area contributed by atoms with Crippen molar-refractivity contribution in [2.24, 2.45) is 0 Å². The van der Waals surface area contributed by atoms with E-state index in [4.69, 9.17) is 4.74 Å². The topological polar surface area (TPSA) is 70.7 Å². The highest BCUT2D eigenvalue weighted by molar-refractivity contribution is 5.89. The van der Waals surface area contributed by atoms with Crippen LogP contribution in [0.25, 0.3) is 0 Å². The molecule has 1 atom stereocenters. The number of hydrogen-bond donors (Lipinski definition) is 2. The Kier molecular flexibility index (Phi) is 5.51. The Bertz CT molecular complexity index is 706. The Morgan fingerprint density at radius 3 is 2.44 bits per heavy atom. The van der Waals surface area contributed by atoms with E-state index in [1.807, 2.05) is 60.7 Å². The SMILES string of the molecule is O=C(NCCc1ccccc1)NCC1CN(c2ccccc2)C(=O)O1.